The molecule has 0 saturated carbocycles. The van der Waals surface area contributed by atoms with Crippen LogP contribution < -0.4 is 5.32 Å². The number of nitrogens with zero attached hydrogens (tertiary/aromatic N) is 1. The summed E-state index contributed by atoms with van der Waals surface area (Å²) in [6.07, 6.45) is 2.41. The van der Waals surface area contributed by atoms with Crippen LogP contribution in [0, 0.1) is 0 Å². The summed E-state index contributed by atoms with van der Waals surface area (Å²) in [5, 5.41) is 12.2. The van der Waals surface area contributed by atoms with Gasteiger partial charge in [-0.15, -0.1) is 0 Å². The van der Waals surface area contributed by atoms with E-state index in [0.717, 1.165) is 37.2 Å². The van der Waals surface area contributed by atoms with E-state index in [2.05, 4.69) is 24.3 Å². The molecule has 0 spiro atoms. The molecule has 0 aliphatic carbocycles. The van der Waals surface area contributed by atoms with Gasteiger partial charge in [-0.2, -0.15) is 0 Å². The van der Waals surface area contributed by atoms with Crippen molar-refractivity contribution in [2.24, 2.45) is 0 Å². The minimum Gasteiger partial charge on any atom is -0.481 e. The van der Waals surface area contributed by atoms with E-state index >= 15 is 0 Å². The Morgan fingerprint density at radius 2 is 1.89 bits per heavy atom. The number of hydrogen-bond acceptors (Lipinski definition) is 3. The SMILES string of the molecule is CN(C)CCCCNCc1ccccc1CC(=O)O. The van der Waals surface area contributed by atoms with E-state index in [1.54, 1.807) is 0 Å². The van der Waals surface area contributed by atoms with Crippen LogP contribution in [-0.2, 0) is 17.8 Å². The quantitative estimate of drug-likeness (QED) is 0.667. The average Bonchev–Trinajstić information content (AvgIpc) is 2.34. The molecule has 0 unspecified atom stereocenters. The number of rotatable bonds is 9. The molecule has 2 N–H and O–H groups in total. The third-order valence-corrected chi connectivity index (χ3v) is 2.98. The summed E-state index contributed by atoms with van der Waals surface area (Å²) in [6.45, 7) is 2.82. The van der Waals surface area contributed by atoms with E-state index in [9.17, 15) is 4.79 Å². The number of carboxylic acids is 1. The first-order chi connectivity index (χ1) is 9.09. The van der Waals surface area contributed by atoms with Crippen LogP contribution in [0.3, 0.4) is 0 Å². The number of hydrogen-bond donors (Lipinski definition) is 2. The van der Waals surface area contributed by atoms with Crippen LogP contribution in [0.5, 0.6) is 0 Å². The summed E-state index contributed by atoms with van der Waals surface area (Å²) < 4.78 is 0. The van der Waals surface area contributed by atoms with Crippen molar-refractivity contribution in [2.45, 2.75) is 25.8 Å². The Kier molecular flexibility index (Phi) is 7.15. The van der Waals surface area contributed by atoms with Crippen LogP contribution in [-0.4, -0.2) is 43.2 Å². The Morgan fingerprint density at radius 1 is 1.21 bits per heavy atom. The number of nitrogens with one attached hydrogen (secondary N) is 1. The maximum absolute atomic E-state index is 10.8. The molecule has 1 aromatic carbocycles. The summed E-state index contributed by atoms with van der Waals surface area (Å²) in [7, 11) is 4.16. The Labute approximate surface area is 115 Å². The highest BCUT2D eigenvalue weighted by Gasteiger charge is 2.05. The van der Waals surface area contributed by atoms with Gasteiger partial charge in [0.15, 0.2) is 0 Å². The fourth-order valence-electron chi connectivity index (χ4n) is 1.97. The number of unbranched alkanes of at least 4 members (excludes halogenated alkanes) is 1. The fraction of sp³-hybridized carbons (Fsp3) is 0.533. The Morgan fingerprint density at radius 3 is 2.53 bits per heavy atom. The summed E-state index contributed by atoms with van der Waals surface area (Å²) in [6, 6.07) is 7.72. The first kappa shape index (κ1) is 15.7. The normalized spacial score (nSPS) is 10.9. The van der Waals surface area contributed by atoms with Gasteiger partial charge in [0.05, 0.1) is 6.42 Å². The van der Waals surface area contributed by atoms with Crippen molar-refractivity contribution in [2.75, 3.05) is 27.2 Å². The summed E-state index contributed by atoms with van der Waals surface area (Å²) in [4.78, 5) is 13.0. The smallest absolute Gasteiger partial charge is 0.307 e. The average molecular weight is 264 g/mol. The number of aliphatic carboxylic acids is 1. The second kappa shape index (κ2) is 8.67. The molecule has 19 heavy (non-hydrogen) atoms. The van der Waals surface area contributed by atoms with Crippen LogP contribution in [0.1, 0.15) is 24.0 Å². The van der Waals surface area contributed by atoms with Gasteiger partial charge in [0.1, 0.15) is 0 Å². The summed E-state index contributed by atoms with van der Waals surface area (Å²) >= 11 is 0. The van der Waals surface area contributed by atoms with Crippen molar-refractivity contribution >= 4 is 5.97 Å². The number of carboxylic acid groups (broad SMARTS) is 1. The lowest BCUT2D eigenvalue weighted by molar-refractivity contribution is -0.136. The third kappa shape index (κ3) is 6.94. The van der Waals surface area contributed by atoms with Gasteiger partial charge >= 0.3 is 5.97 Å². The van der Waals surface area contributed by atoms with Crippen LogP contribution in [0.2, 0.25) is 0 Å². The van der Waals surface area contributed by atoms with Gasteiger partial charge in [0.25, 0.3) is 0 Å². The first-order valence-electron chi connectivity index (χ1n) is 6.73. The fourth-order valence-corrected chi connectivity index (χ4v) is 1.97. The van der Waals surface area contributed by atoms with Gasteiger partial charge in [-0.1, -0.05) is 24.3 Å². The molecular weight excluding hydrogens is 240 g/mol. The maximum Gasteiger partial charge on any atom is 0.307 e. The Balaban J connectivity index is 2.30. The molecule has 4 heteroatoms. The van der Waals surface area contributed by atoms with Crippen molar-refractivity contribution in [3.63, 3.8) is 0 Å². The van der Waals surface area contributed by atoms with Gasteiger partial charge < -0.3 is 15.3 Å². The van der Waals surface area contributed by atoms with Gasteiger partial charge in [0, 0.05) is 6.54 Å². The predicted octanol–water partition coefficient (Wildman–Crippen LogP) is 1.75. The first-order valence-corrected chi connectivity index (χ1v) is 6.73. The third-order valence-electron chi connectivity index (χ3n) is 2.98. The van der Waals surface area contributed by atoms with E-state index in [-0.39, 0.29) is 6.42 Å². The van der Waals surface area contributed by atoms with Crippen LogP contribution in [0.15, 0.2) is 24.3 Å². The van der Waals surface area contributed by atoms with Crippen LogP contribution in [0.4, 0.5) is 0 Å². The lowest BCUT2D eigenvalue weighted by atomic mass is 10.0. The molecule has 0 fully saturated rings. The molecule has 0 aromatic heterocycles. The van der Waals surface area contributed by atoms with Crippen molar-refractivity contribution in [1.29, 1.82) is 0 Å². The van der Waals surface area contributed by atoms with Gasteiger partial charge in [0.2, 0.25) is 0 Å². The molecule has 0 heterocycles. The zero-order valence-electron chi connectivity index (χ0n) is 11.9. The lowest BCUT2D eigenvalue weighted by Crippen LogP contribution is -2.19. The molecule has 1 aromatic rings. The highest BCUT2D eigenvalue weighted by molar-refractivity contribution is 5.70. The van der Waals surface area contributed by atoms with Crippen molar-refractivity contribution in [1.82, 2.24) is 10.2 Å². The van der Waals surface area contributed by atoms with Crippen molar-refractivity contribution < 1.29 is 9.90 Å². The molecule has 4 nitrogen and oxygen atoms in total. The van der Waals surface area contributed by atoms with Gasteiger partial charge in [-0.3, -0.25) is 4.79 Å². The minimum absolute atomic E-state index is 0.0957. The predicted molar refractivity (Wildman–Crippen MR) is 77.3 cm³/mol. The molecule has 0 radical (unpaired) electrons. The number of benzene rings is 1. The van der Waals surface area contributed by atoms with Crippen molar-refractivity contribution in [3.8, 4) is 0 Å². The van der Waals surface area contributed by atoms with Crippen molar-refractivity contribution in [3.05, 3.63) is 35.4 Å². The molecule has 1 rings (SSSR count). The Hall–Kier alpha value is -1.39. The zero-order valence-corrected chi connectivity index (χ0v) is 11.9. The van der Waals surface area contributed by atoms with Gasteiger partial charge in [-0.05, 0) is 51.2 Å². The highest BCUT2D eigenvalue weighted by Crippen LogP contribution is 2.09. The van der Waals surface area contributed by atoms with Crippen LogP contribution >= 0.6 is 0 Å². The van der Waals surface area contributed by atoms with Gasteiger partial charge in [-0.25, -0.2) is 0 Å². The van der Waals surface area contributed by atoms with E-state index in [0.29, 0.717) is 0 Å². The van der Waals surface area contributed by atoms with E-state index in [1.807, 2.05) is 24.3 Å². The molecule has 0 atom stereocenters. The molecule has 0 saturated heterocycles. The molecular formula is C15H24N2O2. The van der Waals surface area contributed by atoms with E-state index in [1.165, 1.54) is 6.42 Å². The minimum atomic E-state index is -0.779. The largest absolute Gasteiger partial charge is 0.481 e. The summed E-state index contributed by atoms with van der Waals surface area (Å²) in [5.41, 5.74) is 1.98. The molecule has 0 aliphatic rings. The Bertz CT molecular complexity index is 391. The van der Waals surface area contributed by atoms with E-state index < -0.39 is 5.97 Å². The van der Waals surface area contributed by atoms with E-state index in [4.69, 9.17) is 5.11 Å². The monoisotopic (exact) mass is 264 g/mol. The second-order valence-corrected chi connectivity index (χ2v) is 5.03. The molecule has 0 amide bonds. The second-order valence-electron chi connectivity index (χ2n) is 5.03. The topological polar surface area (TPSA) is 52.6 Å². The molecule has 0 aliphatic heterocycles. The summed E-state index contributed by atoms with van der Waals surface area (Å²) in [5.74, 6) is -0.779. The highest BCUT2D eigenvalue weighted by atomic mass is 16.4. The standard InChI is InChI=1S/C15H24N2O2/c1-17(2)10-6-5-9-16-12-14-8-4-3-7-13(14)11-15(18)19/h3-4,7-8,16H,5-6,9-12H2,1-2H3,(H,18,19). The van der Waals surface area contributed by atoms with Crippen LogP contribution in [0.25, 0.3) is 0 Å². The number of carbonyl (C=O) groups is 1. The molecule has 0 bridgehead atoms. The molecule has 106 valence electrons. The lowest BCUT2D eigenvalue weighted by Gasteiger charge is -2.11. The zero-order chi connectivity index (χ0) is 14.1. The maximum atomic E-state index is 10.8.